The standard InChI is InChI=1S/C16H26N2O/c1-11(2)6-8-13(4)18-15-10-14(16(19)17-5)9-7-12(15)3/h7,9-11,13,18H,6,8H2,1-5H3,(H,17,19). The Morgan fingerprint density at radius 3 is 2.47 bits per heavy atom. The van der Waals surface area contributed by atoms with Gasteiger partial charge in [0.1, 0.15) is 0 Å². The van der Waals surface area contributed by atoms with Crippen LogP contribution in [-0.4, -0.2) is 19.0 Å². The first-order valence-electron chi connectivity index (χ1n) is 7.03. The predicted octanol–water partition coefficient (Wildman–Crippen LogP) is 3.59. The van der Waals surface area contributed by atoms with E-state index in [-0.39, 0.29) is 5.91 Å². The molecule has 0 aliphatic carbocycles. The van der Waals surface area contributed by atoms with Gasteiger partial charge in [0.2, 0.25) is 0 Å². The molecule has 0 aliphatic heterocycles. The highest BCUT2D eigenvalue weighted by Gasteiger charge is 2.09. The van der Waals surface area contributed by atoms with Crippen LogP contribution in [0.25, 0.3) is 0 Å². The highest BCUT2D eigenvalue weighted by Crippen LogP contribution is 2.19. The highest BCUT2D eigenvalue weighted by atomic mass is 16.1. The third-order valence-electron chi connectivity index (χ3n) is 3.31. The van der Waals surface area contributed by atoms with Gasteiger partial charge in [0.25, 0.3) is 5.91 Å². The Kier molecular flexibility index (Phi) is 5.87. The van der Waals surface area contributed by atoms with Crippen molar-refractivity contribution in [2.45, 2.75) is 46.6 Å². The average molecular weight is 262 g/mol. The summed E-state index contributed by atoms with van der Waals surface area (Å²) in [5.74, 6) is 0.681. The normalized spacial score (nSPS) is 12.3. The van der Waals surface area contributed by atoms with Crippen LogP contribution in [0.3, 0.4) is 0 Å². The molecule has 0 aromatic heterocycles. The van der Waals surface area contributed by atoms with Crippen molar-refractivity contribution < 1.29 is 4.79 Å². The molecule has 0 aliphatic rings. The van der Waals surface area contributed by atoms with Gasteiger partial charge in [-0.1, -0.05) is 19.9 Å². The van der Waals surface area contributed by atoms with Crippen molar-refractivity contribution >= 4 is 11.6 Å². The second kappa shape index (κ2) is 7.17. The summed E-state index contributed by atoms with van der Waals surface area (Å²) in [7, 11) is 1.65. The van der Waals surface area contributed by atoms with Gasteiger partial charge in [-0.05, 0) is 50.3 Å². The van der Waals surface area contributed by atoms with E-state index in [1.165, 1.54) is 12.0 Å². The van der Waals surface area contributed by atoms with E-state index in [0.29, 0.717) is 11.6 Å². The Balaban J connectivity index is 2.73. The number of aryl methyl sites for hydroxylation is 1. The zero-order chi connectivity index (χ0) is 14.4. The largest absolute Gasteiger partial charge is 0.382 e. The summed E-state index contributed by atoms with van der Waals surface area (Å²) < 4.78 is 0. The van der Waals surface area contributed by atoms with Gasteiger partial charge in [0.15, 0.2) is 0 Å². The molecule has 1 amide bonds. The predicted molar refractivity (Wildman–Crippen MR) is 81.7 cm³/mol. The molecule has 0 saturated heterocycles. The molecule has 0 saturated carbocycles. The second-order valence-corrected chi connectivity index (χ2v) is 5.63. The van der Waals surface area contributed by atoms with Crippen LogP contribution < -0.4 is 10.6 Å². The Morgan fingerprint density at radius 2 is 1.89 bits per heavy atom. The lowest BCUT2D eigenvalue weighted by Crippen LogP contribution is -2.20. The summed E-state index contributed by atoms with van der Waals surface area (Å²) in [5, 5.41) is 6.16. The quantitative estimate of drug-likeness (QED) is 0.822. The molecule has 19 heavy (non-hydrogen) atoms. The molecule has 1 atom stereocenters. The van der Waals surface area contributed by atoms with Gasteiger partial charge >= 0.3 is 0 Å². The minimum absolute atomic E-state index is 0.0436. The topological polar surface area (TPSA) is 41.1 Å². The number of amides is 1. The van der Waals surface area contributed by atoms with Crippen LogP contribution in [0.1, 0.15) is 49.5 Å². The maximum absolute atomic E-state index is 11.6. The lowest BCUT2D eigenvalue weighted by molar-refractivity contribution is 0.0963. The number of benzene rings is 1. The van der Waals surface area contributed by atoms with Crippen molar-refractivity contribution in [3.63, 3.8) is 0 Å². The van der Waals surface area contributed by atoms with Gasteiger partial charge in [-0.2, -0.15) is 0 Å². The zero-order valence-corrected chi connectivity index (χ0v) is 12.7. The number of hydrogen-bond acceptors (Lipinski definition) is 2. The number of rotatable bonds is 6. The maximum atomic E-state index is 11.6. The molecule has 106 valence electrons. The minimum atomic E-state index is -0.0436. The summed E-state index contributed by atoms with van der Waals surface area (Å²) in [4.78, 5) is 11.6. The van der Waals surface area contributed by atoms with E-state index >= 15 is 0 Å². The summed E-state index contributed by atoms with van der Waals surface area (Å²) in [6.45, 7) is 8.73. The molecule has 0 radical (unpaired) electrons. The second-order valence-electron chi connectivity index (χ2n) is 5.63. The summed E-state index contributed by atoms with van der Waals surface area (Å²) in [5.41, 5.74) is 2.92. The molecule has 1 unspecified atom stereocenters. The van der Waals surface area contributed by atoms with E-state index in [4.69, 9.17) is 0 Å². The summed E-state index contributed by atoms with van der Waals surface area (Å²) >= 11 is 0. The van der Waals surface area contributed by atoms with Gasteiger partial charge in [-0.15, -0.1) is 0 Å². The first-order valence-corrected chi connectivity index (χ1v) is 7.03. The van der Waals surface area contributed by atoms with Crippen molar-refractivity contribution in [1.82, 2.24) is 5.32 Å². The number of carbonyl (C=O) groups excluding carboxylic acids is 1. The lowest BCUT2D eigenvalue weighted by atomic mass is 10.0. The fourth-order valence-corrected chi connectivity index (χ4v) is 1.98. The zero-order valence-electron chi connectivity index (χ0n) is 12.7. The fourth-order valence-electron chi connectivity index (χ4n) is 1.98. The molecule has 3 heteroatoms. The van der Waals surface area contributed by atoms with E-state index in [0.717, 1.165) is 18.0 Å². The Morgan fingerprint density at radius 1 is 1.21 bits per heavy atom. The Hall–Kier alpha value is -1.51. The number of hydrogen-bond donors (Lipinski definition) is 2. The van der Waals surface area contributed by atoms with Crippen molar-refractivity contribution in [3.8, 4) is 0 Å². The monoisotopic (exact) mass is 262 g/mol. The van der Waals surface area contributed by atoms with Crippen molar-refractivity contribution in [2.75, 3.05) is 12.4 Å². The van der Waals surface area contributed by atoms with Crippen LogP contribution in [0.5, 0.6) is 0 Å². The molecule has 1 aromatic rings. The van der Waals surface area contributed by atoms with E-state index in [2.05, 4.69) is 38.3 Å². The Labute approximate surface area is 116 Å². The smallest absolute Gasteiger partial charge is 0.251 e. The summed E-state index contributed by atoms with van der Waals surface area (Å²) in [6.07, 6.45) is 2.35. The van der Waals surface area contributed by atoms with E-state index < -0.39 is 0 Å². The van der Waals surface area contributed by atoms with Crippen LogP contribution in [0.4, 0.5) is 5.69 Å². The molecule has 0 bridgehead atoms. The van der Waals surface area contributed by atoms with Gasteiger partial charge in [-0.3, -0.25) is 4.79 Å². The molecule has 3 nitrogen and oxygen atoms in total. The van der Waals surface area contributed by atoms with Crippen molar-refractivity contribution in [3.05, 3.63) is 29.3 Å². The number of anilines is 1. The third kappa shape index (κ3) is 4.93. The molecule has 0 fully saturated rings. The first kappa shape index (κ1) is 15.5. The van der Waals surface area contributed by atoms with Crippen molar-refractivity contribution in [1.29, 1.82) is 0 Å². The molecule has 1 aromatic carbocycles. The van der Waals surface area contributed by atoms with E-state index in [9.17, 15) is 4.79 Å². The summed E-state index contributed by atoms with van der Waals surface area (Å²) in [6, 6.07) is 6.20. The van der Waals surface area contributed by atoms with Gasteiger partial charge < -0.3 is 10.6 Å². The molecular formula is C16H26N2O. The van der Waals surface area contributed by atoms with Gasteiger partial charge in [0.05, 0.1) is 0 Å². The highest BCUT2D eigenvalue weighted by molar-refractivity contribution is 5.95. The first-order chi connectivity index (χ1) is 8.93. The van der Waals surface area contributed by atoms with Crippen LogP contribution in [0.15, 0.2) is 18.2 Å². The van der Waals surface area contributed by atoms with Gasteiger partial charge in [-0.25, -0.2) is 0 Å². The fraction of sp³-hybridized carbons (Fsp3) is 0.562. The van der Waals surface area contributed by atoms with E-state index in [1.54, 1.807) is 7.05 Å². The van der Waals surface area contributed by atoms with Crippen molar-refractivity contribution in [2.24, 2.45) is 5.92 Å². The Bertz CT molecular complexity index is 427. The lowest BCUT2D eigenvalue weighted by Gasteiger charge is -2.18. The molecule has 0 spiro atoms. The van der Waals surface area contributed by atoms with Crippen LogP contribution >= 0.6 is 0 Å². The molecule has 1 rings (SSSR count). The molecule has 0 heterocycles. The van der Waals surface area contributed by atoms with Crippen LogP contribution in [0, 0.1) is 12.8 Å². The number of nitrogens with one attached hydrogen (secondary N) is 2. The molecule has 2 N–H and O–H groups in total. The maximum Gasteiger partial charge on any atom is 0.251 e. The number of carbonyl (C=O) groups is 1. The minimum Gasteiger partial charge on any atom is -0.382 e. The third-order valence-corrected chi connectivity index (χ3v) is 3.31. The van der Waals surface area contributed by atoms with Crippen LogP contribution in [-0.2, 0) is 0 Å². The molecular weight excluding hydrogens is 236 g/mol. The van der Waals surface area contributed by atoms with Gasteiger partial charge in [0, 0.05) is 24.3 Å². The van der Waals surface area contributed by atoms with Crippen LogP contribution in [0.2, 0.25) is 0 Å². The SMILES string of the molecule is CNC(=O)c1ccc(C)c(NC(C)CCC(C)C)c1. The average Bonchev–Trinajstić information content (AvgIpc) is 2.38. The van der Waals surface area contributed by atoms with E-state index in [1.807, 2.05) is 18.2 Å².